The van der Waals surface area contributed by atoms with Crippen LogP contribution >= 0.6 is 0 Å². The summed E-state index contributed by atoms with van der Waals surface area (Å²) in [5.41, 5.74) is 0.547. The van der Waals surface area contributed by atoms with Crippen LogP contribution in [-0.4, -0.2) is 19.7 Å². The third-order valence-electron chi connectivity index (χ3n) is 2.54. The molecule has 0 atom stereocenters. The van der Waals surface area contributed by atoms with Crippen molar-refractivity contribution in [2.24, 2.45) is 0 Å². The maximum atomic E-state index is 11.2. The molecule has 1 aromatic rings. The number of hydrogen-bond acceptors (Lipinski definition) is 3. The molecule has 0 saturated heterocycles. The van der Waals surface area contributed by atoms with Crippen molar-refractivity contribution < 1.29 is 14.3 Å². The van der Waals surface area contributed by atoms with E-state index in [1.165, 1.54) is 26.4 Å². The maximum Gasteiger partial charge on any atom is 0.337 e. The van der Waals surface area contributed by atoms with Crippen molar-refractivity contribution in [1.82, 2.24) is 0 Å². The van der Waals surface area contributed by atoms with Crippen molar-refractivity contribution in [2.45, 2.75) is 32.6 Å². The Kier molecular flexibility index (Phi) is 6.15. The van der Waals surface area contributed by atoms with Crippen LogP contribution in [0, 0.1) is 0 Å². The predicted octanol–water partition coefficient (Wildman–Crippen LogP) is 3.43. The van der Waals surface area contributed by atoms with Crippen LogP contribution in [0.15, 0.2) is 24.3 Å². The zero-order valence-electron chi connectivity index (χ0n) is 10.6. The highest BCUT2D eigenvalue weighted by Gasteiger charge is 2.04. The molecule has 17 heavy (non-hydrogen) atoms. The van der Waals surface area contributed by atoms with E-state index in [2.05, 4.69) is 11.7 Å². The van der Waals surface area contributed by atoms with Crippen LogP contribution in [-0.2, 0) is 4.74 Å². The number of hydrogen-bond donors (Lipinski definition) is 0. The summed E-state index contributed by atoms with van der Waals surface area (Å²) in [6, 6.07) is 7.03. The van der Waals surface area contributed by atoms with Crippen molar-refractivity contribution >= 4 is 5.97 Å². The molecule has 1 aromatic carbocycles. The van der Waals surface area contributed by atoms with Crippen molar-refractivity contribution in [1.29, 1.82) is 0 Å². The summed E-state index contributed by atoms with van der Waals surface area (Å²) in [4.78, 5) is 11.2. The highest BCUT2D eigenvalue weighted by Crippen LogP contribution is 2.13. The van der Waals surface area contributed by atoms with Gasteiger partial charge in [-0.05, 0) is 30.7 Å². The molecular formula is C14H20O3. The molecule has 0 radical (unpaired) electrons. The van der Waals surface area contributed by atoms with Crippen LogP contribution in [0.4, 0.5) is 0 Å². The quantitative estimate of drug-likeness (QED) is 0.537. The van der Waals surface area contributed by atoms with E-state index in [0.717, 1.165) is 18.8 Å². The SMILES string of the molecule is CCCCCCOc1ccc(C(=O)OC)cc1. The number of rotatable bonds is 7. The number of unbranched alkanes of at least 4 members (excludes halogenated alkanes) is 3. The Morgan fingerprint density at radius 2 is 1.82 bits per heavy atom. The fraction of sp³-hybridized carbons (Fsp3) is 0.500. The number of carbonyl (C=O) groups excluding carboxylic acids is 1. The molecular weight excluding hydrogens is 216 g/mol. The lowest BCUT2D eigenvalue weighted by atomic mass is 10.2. The van der Waals surface area contributed by atoms with E-state index < -0.39 is 0 Å². The first kappa shape index (κ1) is 13.6. The zero-order chi connectivity index (χ0) is 12.5. The average Bonchev–Trinajstić information content (AvgIpc) is 2.38. The summed E-state index contributed by atoms with van der Waals surface area (Å²) in [6.07, 6.45) is 4.77. The predicted molar refractivity (Wildman–Crippen MR) is 67.4 cm³/mol. The fourth-order valence-corrected chi connectivity index (χ4v) is 1.52. The molecule has 3 heteroatoms. The van der Waals surface area contributed by atoms with Gasteiger partial charge in [0.2, 0.25) is 0 Å². The molecule has 0 aliphatic rings. The third kappa shape index (κ3) is 4.89. The Hall–Kier alpha value is -1.51. The highest BCUT2D eigenvalue weighted by atomic mass is 16.5. The van der Waals surface area contributed by atoms with Crippen LogP contribution in [0.1, 0.15) is 43.0 Å². The molecule has 0 aliphatic carbocycles. The Morgan fingerprint density at radius 1 is 1.12 bits per heavy atom. The zero-order valence-corrected chi connectivity index (χ0v) is 10.6. The first-order valence-corrected chi connectivity index (χ1v) is 6.09. The van der Waals surface area contributed by atoms with Crippen molar-refractivity contribution in [3.05, 3.63) is 29.8 Å². The first-order chi connectivity index (χ1) is 8.27. The Balaban J connectivity index is 2.33. The lowest BCUT2D eigenvalue weighted by Gasteiger charge is -2.06. The lowest BCUT2D eigenvalue weighted by Crippen LogP contribution is -2.01. The molecule has 0 bridgehead atoms. The molecule has 3 nitrogen and oxygen atoms in total. The summed E-state index contributed by atoms with van der Waals surface area (Å²) >= 11 is 0. The summed E-state index contributed by atoms with van der Waals surface area (Å²) in [5, 5.41) is 0. The Morgan fingerprint density at radius 3 is 2.41 bits per heavy atom. The summed E-state index contributed by atoms with van der Waals surface area (Å²) < 4.78 is 10.2. The molecule has 0 N–H and O–H groups in total. The molecule has 0 aliphatic heterocycles. The number of ether oxygens (including phenoxy) is 2. The van der Waals surface area contributed by atoms with Gasteiger partial charge in [0.25, 0.3) is 0 Å². The van der Waals surface area contributed by atoms with E-state index in [4.69, 9.17) is 4.74 Å². The maximum absolute atomic E-state index is 11.2. The monoisotopic (exact) mass is 236 g/mol. The molecule has 0 heterocycles. The van der Waals surface area contributed by atoms with Crippen LogP contribution in [0.3, 0.4) is 0 Å². The molecule has 0 spiro atoms. The molecule has 0 aromatic heterocycles. The summed E-state index contributed by atoms with van der Waals surface area (Å²) in [7, 11) is 1.38. The van der Waals surface area contributed by atoms with Crippen molar-refractivity contribution in [2.75, 3.05) is 13.7 Å². The van der Waals surface area contributed by atoms with Gasteiger partial charge in [0.1, 0.15) is 5.75 Å². The van der Waals surface area contributed by atoms with Gasteiger partial charge in [-0.1, -0.05) is 26.2 Å². The minimum absolute atomic E-state index is 0.320. The van der Waals surface area contributed by atoms with Crippen molar-refractivity contribution in [3.8, 4) is 5.75 Å². The second kappa shape index (κ2) is 7.71. The van der Waals surface area contributed by atoms with Crippen LogP contribution in [0.2, 0.25) is 0 Å². The van der Waals surface area contributed by atoms with Gasteiger partial charge in [-0.3, -0.25) is 0 Å². The summed E-state index contributed by atoms with van der Waals surface area (Å²) in [6.45, 7) is 2.92. The van der Waals surface area contributed by atoms with E-state index in [-0.39, 0.29) is 5.97 Å². The second-order valence-corrected chi connectivity index (χ2v) is 3.93. The average molecular weight is 236 g/mol. The smallest absolute Gasteiger partial charge is 0.337 e. The van der Waals surface area contributed by atoms with E-state index >= 15 is 0 Å². The van der Waals surface area contributed by atoms with Crippen LogP contribution in [0.5, 0.6) is 5.75 Å². The van der Waals surface area contributed by atoms with Gasteiger partial charge in [-0.2, -0.15) is 0 Å². The number of benzene rings is 1. The Bertz CT molecular complexity index is 330. The largest absolute Gasteiger partial charge is 0.494 e. The van der Waals surface area contributed by atoms with Crippen LogP contribution in [0.25, 0.3) is 0 Å². The molecule has 0 unspecified atom stereocenters. The van der Waals surface area contributed by atoms with E-state index in [9.17, 15) is 4.79 Å². The highest BCUT2D eigenvalue weighted by molar-refractivity contribution is 5.89. The van der Waals surface area contributed by atoms with Gasteiger partial charge >= 0.3 is 5.97 Å². The van der Waals surface area contributed by atoms with Gasteiger partial charge in [-0.15, -0.1) is 0 Å². The molecule has 1 rings (SSSR count). The molecule has 94 valence electrons. The van der Waals surface area contributed by atoms with Gasteiger partial charge in [0, 0.05) is 0 Å². The molecule has 0 amide bonds. The van der Waals surface area contributed by atoms with E-state index in [1.807, 2.05) is 0 Å². The van der Waals surface area contributed by atoms with Gasteiger partial charge in [-0.25, -0.2) is 4.79 Å². The Labute approximate surface area is 103 Å². The normalized spacial score (nSPS) is 10.0. The van der Waals surface area contributed by atoms with Gasteiger partial charge in [0.05, 0.1) is 19.3 Å². The fourth-order valence-electron chi connectivity index (χ4n) is 1.52. The first-order valence-electron chi connectivity index (χ1n) is 6.09. The minimum Gasteiger partial charge on any atom is -0.494 e. The second-order valence-electron chi connectivity index (χ2n) is 3.93. The lowest BCUT2D eigenvalue weighted by molar-refractivity contribution is 0.0600. The number of esters is 1. The molecule has 0 fully saturated rings. The van der Waals surface area contributed by atoms with Crippen LogP contribution < -0.4 is 4.74 Å². The van der Waals surface area contributed by atoms with E-state index in [1.54, 1.807) is 24.3 Å². The minimum atomic E-state index is -0.320. The van der Waals surface area contributed by atoms with Crippen molar-refractivity contribution in [3.63, 3.8) is 0 Å². The van der Waals surface area contributed by atoms with E-state index in [0.29, 0.717) is 5.56 Å². The van der Waals surface area contributed by atoms with Gasteiger partial charge in [0.15, 0.2) is 0 Å². The number of carbonyl (C=O) groups is 1. The molecule has 0 saturated carbocycles. The third-order valence-corrected chi connectivity index (χ3v) is 2.54. The number of methoxy groups -OCH3 is 1. The van der Waals surface area contributed by atoms with Gasteiger partial charge < -0.3 is 9.47 Å². The standard InChI is InChI=1S/C14H20O3/c1-3-4-5-6-11-17-13-9-7-12(8-10-13)14(15)16-2/h7-10H,3-6,11H2,1-2H3. The summed E-state index contributed by atoms with van der Waals surface area (Å²) in [5.74, 6) is 0.480. The topological polar surface area (TPSA) is 35.5 Å².